The number of hydrogen-bond acceptors (Lipinski definition) is 3. The molecule has 1 heterocycles. The predicted octanol–water partition coefficient (Wildman–Crippen LogP) is 1.69. The van der Waals surface area contributed by atoms with E-state index < -0.39 is 0 Å². The van der Waals surface area contributed by atoms with E-state index in [1.54, 1.807) is 7.11 Å². The minimum atomic E-state index is 0.827. The summed E-state index contributed by atoms with van der Waals surface area (Å²) in [7, 11) is 1.78. The maximum Gasteiger partial charge on any atom is 0.0589 e. The van der Waals surface area contributed by atoms with Crippen LogP contribution in [0.5, 0.6) is 0 Å². The Morgan fingerprint density at radius 3 is 2.19 bits per heavy atom. The molecule has 0 unspecified atom stereocenters. The highest BCUT2D eigenvalue weighted by atomic mass is 16.5. The molecule has 96 valence electrons. The van der Waals surface area contributed by atoms with Crippen LogP contribution in [0.3, 0.4) is 0 Å². The highest BCUT2D eigenvalue weighted by molar-refractivity contribution is 4.69. The lowest BCUT2D eigenvalue weighted by Crippen LogP contribution is -2.33. The van der Waals surface area contributed by atoms with E-state index in [0.29, 0.717) is 0 Å². The van der Waals surface area contributed by atoms with Crippen molar-refractivity contribution in [2.75, 3.05) is 53.0 Å². The minimum absolute atomic E-state index is 0.827. The molecule has 0 N–H and O–H groups in total. The zero-order valence-electron chi connectivity index (χ0n) is 11.2. The van der Waals surface area contributed by atoms with Crippen molar-refractivity contribution in [1.29, 1.82) is 0 Å². The molecular formula is C13H28N2O. The third kappa shape index (κ3) is 5.83. The van der Waals surface area contributed by atoms with Crippen molar-refractivity contribution in [3.63, 3.8) is 0 Å². The molecule has 3 heteroatoms. The Kier molecular flexibility index (Phi) is 7.01. The molecule has 0 saturated carbocycles. The van der Waals surface area contributed by atoms with Crippen LogP contribution in [0, 0.1) is 5.92 Å². The van der Waals surface area contributed by atoms with Crippen LogP contribution in [-0.2, 0) is 4.74 Å². The second-order valence-corrected chi connectivity index (χ2v) is 5.21. The summed E-state index contributed by atoms with van der Waals surface area (Å²) in [4.78, 5) is 5.14. The van der Waals surface area contributed by atoms with Crippen molar-refractivity contribution in [1.82, 2.24) is 9.80 Å². The molecule has 1 saturated heterocycles. The molecule has 0 aliphatic carbocycles. The molecule has 1 rings (SSSR count). The fourth-order valence-corrected chi connectivity index (χ4v) is 2.13. The van der Waals surface area contributed by atoms with Gasteiger partial charge in [-0.3, -0.25) is 4.90 Å². The third-order valence-electron chi connectivity index (χ3n) is 3.32. The van der Waals surface area contributed by atoms with Gasteiger partial charge in [-0.05, 0) is 38.4 Å². The summed E-state index contributed by atoms with van der Waals surface area (Å²) in [5.74, 6) is 0.827. The van der Waals surface area contributed by atoms with Crippen molar-refractivity contribution in [2.45, 2.75) is 26.7 Å². The smallest absolute Gasteiger partial charge is 0.0589 e. The number of hydrogen-bond donors (Lipinski definition) is 0. The second-order valence-electron chi connectivity index (χ2n) is 5.21. The maximum absolute atomic E-state index is 5.14. The standard InChI is InChI=1S/C13H28N2O/c1-13(2)5-8-14-6-4-7-15(10-9-14)11-12-16-3/h13H,4-12H2,1-3H3. The average Bonchev–Trinajstić information content (AvgIpc) is 2.48. The van der Waals surface area contributed by atoms with E-state index >= 15 is 0 Å². The zero-order valence-corrected chi connectivity index (χ0v) is 11.2. The van der Waals surface area contributed by atoms with Crippen molar-refractivity contribution in [2.24, 2.45) is 5.92 Å². The topological polar surface area (TPSA) is 15.7 Å². The van der Waals surface area contributed by atoms with Gasteiger partial charge in [0.2, 0.25) is 0 Å². The van der Waals surface area contributed by atoms with E-state index in [4.69, 9.17) is 4.74 Å². The van der Waals surface area contributed by atoms with Crippen LogP contribution in [-0.4, -0.2) is 62.8 Å². The molecule has 1 aliphatic rings. The molecular weight excluding hydrogens is 200 g/mol. The van der Waals surface area contributed by atoms with E-state index in [1.165, 1.54) is 45.6 Å². The molecule has 0 atom stereocenters. The van der Waals surface area contributed by atoms with Gasteiger partial charge in [0.1, 0.15) is 0 Å². The van der Waals surface area contributed by atoms with E-state index in [1.807, 2.05) is 0 Å². The molecule has 3 nitrogen and oxygen atoms in total. The molecule has 0 radical (unpaired) electrons. The van der Waals surface area contributed by atoms with Gasteiger partial charge < -0.3 is 9.64 Å². The molecule has 0 amide bonds. The monoisotopic (exact) mass is 228 g/mol. The number of rotatable bonds is 6. The SMILES string of the molecule is COCCN1CCCN(CCC(C)C)CC1. The van der Waals surface area contributed by atoms with Gasteiger partial charge in [0, 0.05) is 26.7 Å². The molecule has 16 heavy (non-hydrogen) atoms. The van der Waals surface area contributed by atoms with Crippen molar-refractivity contribution >= 4 is 0 Å². The fourth-order valence-electron chi connectivity index (χ4n) is 2.13. The molecule has 1 fully saturated rings. The summed E-state index contributed by atoms with van der Waals surface area (Å²) < 4.78 is 5.14. The van der Waals surface area contributed by atoms with Gasteiger partial charge in [0.15, 0.2) is 0 Å². The normalized spacial score (nSPS) is 20.2. The summed E-state index contributed by atoms with van der Waals surface area (Å²) in [5.41, 5.74) is 0. The Balaban J connectivity index is 2.18. The molecule has 0 aromatic rings. The molecule has 0 spiro atoms. The number of methoxy groups -OCH3 is 1. The van der Waals surface area contributed by atoms with Gasteiger partial charge in [0.05, 0.1) is 6.61 Å². The van der Waals surface area contributed by atoms with Crippen molar-refractivity contribution in [3.05, 3.63) is 0 Å². The third-order valence-corrected chi connectivity index (χ3v) is 3.32. The van der Waals surface area contributed by atoms with Crippen LogP contribution in [0.1, 0.15) is 26.7 Å². The Hall–Kier alpha value is -0.120. The quantitative estimate of drug-likeness (QED) is 0.688. The summed E-state index contributed by atoms with van der Waals surface area (Å²) >= 11 is 0. The first-order chi connectivity index (χ1) is 7.72. The summed E-state index contributed by atoms with van der Waals surface area (Å²) in [6.07, 6.45) is 2.64. The predicted molar refractivity (Wildman–Crippen MR) is 68.8 cm³/mol. The van der Waals surface area contributed by atoms with E-state index in [9.17, 15) is 0 Å². The van der Waals surface area contributed by atoms with E-state index in [-0.39, 0.29) is 0 Å². The van der Waals surface area contributed by atoms with Gasteiger partial charge >= 0.3 is 0 Å². The van der Waals surface area contributed by atoms with Gasteiger partial charge in [-0.2, -0.15) is 0 Å². The fraction of sp³-hybridized carbons (Fsp3) is 1.00. The first-order valence-electron chi connectivity index (χ1n) is 6.66. The number of nitrogens with zero attached hydrogens (tertiary/aromatic N) is 2. The van der Waals surface area contributed by atoms with Crippen LogP contribution in [0.4, 0.5) is 0 Å². The van der Waals surface area contributed by atoms with Crippen LogP contribution in [0.25, 0.3) is 0 Å². The molecule has 0 aromatic heterocycles. The highest BCUT2D eigenvalue weighted by Crippen LogP contribution is 2.06. The molecule has 0 bridgehead atoms. The van der Waals surface area contributed by atoms with E-state index in [0.717, 1.165) is 19.1 Å². The lowest BCUT2D eigenvalue weighted by Gasteiger charge is -2.22. The van der Waals surface area contributed by atoms with E-state index in [2.05, 4.69) is 23.6 Å². The first-order valence-corrected chi connectivity index (χ1v) is 6.66. The summed E-state index contributed by atoms with van der Waals surface area (Å²) in [5, 5.41) is 0. The lowest BCUT2D eigenvalue weighted by molar-refractivity contribution is 0.149. The minimum Gasteiger partial charge on any atom is -0.383 e. The molecule has 1 aliphatic heterocycles. The number of ether oxygens (including phenoxy) is 1. The highest BCUT2D eigenvalue weighted by Gasteiger charge is 2.14. The van der Waals surface area contributed by atoms with Crippen molar-refractivity contribution < 1.29 is 4.74 Å². The second kappa shape index (κ2) is 8.04. The summed E-state index contributed by atoms with van der Waals surface area (Å²) in [6, 6.07) is 0. The Morgan fingerprint density at radius 1 is 1.00 bits per heavy atom. The molecule has 0 aromatic carbocycles. The van der Waals surface area contributed by atoms with Gasteiger partial charge in [0.25, 0.3) is 0 Å². The van der Waals surface area contributed by atoms with Gasteiger partial charge in [-0.15, -0.1) is 0 Å². The Bertz CT molecular complexity index is 173. The van der Waals surface area contributed by atoms with Crippen LogP contribution in [0.15, 0.2) is 0 Å². The van der Waals surface area contributed by atoms with Crippen molar-refractivity contribution in [3.8, 4) is 0 Å². The lowest BCUT2D eigenvalue weighted by atomic mass is 10.1. The van der Waals surface area contributed by atoms with Gasteiger partial charge in [-0.25, -0.2) is 0 Å². The Labute approximate surface area is 101 Å². The average molecular weight is 228 g/mol. The van der Waals surface area contributed by atoms with Crippen LogP contribution in [0.2, 0.25) is 0 Å². The maximum atomic E-state index is 5.14. The van der Waals surface area contributed by atoms with Crippen LogP contribution < -0.4 is 0 Å². The zero-order chi connectivity index (χ0) is 11.8. The summed E-state index contributed by atoms with van der Waals surface area (Å²) in [6.45, 7) is 12.8. The van der Waals surface area contributed by atoms with Gasteiger partial charge in [-0.1, -0.05) is 13.8 Å². The van der Waals surface area contributed by atoms with Crippen LogP contribution >= 0.6 is 0 Å². The first kappa shape index (κ1) is 13.9. The largest absolute Gasteiger partial charge is 0.383 e. The Morgan fingerprint density at radius 2 is 1.62 bits per heavy atom.